The van der Waals surface area contributed by atoms with Crippen molar-refractivity contribution in [3.8, 4) is 0 Å². The second-order valence-electron chi connectivity index (χ2n) is 5.16. The minimum Gasteiger partial charge on any atom is -0.477 e. The molecule has 22 heavy (non-hydrogen) atoms. The molecule has 2 N–H and O–H groups in total. The molecule has 1 unspecified atom stereocenters. The lowest BCUT2D eigenvalue weighted by atomic mass is 10.2. The van der Waals surface area contributed by atoms with Crippen LogP contribution >= 0.6 is 0 Å². The molecular formula is C14H15N3O5. The average molecular weight is 305 g/mol. The van der Waals surface area contributed by atoms with Gasteiger partial charge in [0.2, 0.25) is 5.91 Å². The number of carboxylic acid groups (broad SMARTS) is 1. The van der Waals surface area contributed by atoms with Crippen LogP contribution in [0.4, 0.5) is 0 Å². The number of aromatic carboxylic acids is 1. The minimum atomic E-state index is -1.20. The predicted octanol–water partition coefficient (Wildman–Crippen LogP) is 0.0455. The summed E-state index contributed by atoms with van der Waals surface area (Å²) in [6, 6.07) is 1.33. The van der Waals surface area contributed by atoms with Crippen LogP contribution in [0.3, 0.4) is 0 Å². The van der Waals surface area contributed by atoms with Crippen molar-refractivity contribution in [1.29, 1.82) is 0 Å². The first-order chi connectivity index (χ1) is 10.3. The van der Waals surface area contributed by atoms with Crippen LogP contribution in [-0.2, 0) is 9.59 Å². The third kappa shape index (κ3) is 2.95. The van der Waals surface area contributed by atoms with Gasteiger partial charge in [0.15, 0.2) is 0 Å². The van der Waals surface area contributed by atoms with Crippen molar-refractivity contribution in [2.75, 3.05) is 0 Å². The Bertz CT molecular complexity index is 638. The molecular weight excluding hydrogens is 290 g/mol. The Hall–Kier alpha value is -2.77. The molecule has 0 saturated carbocycles. The highest BCUT2D eigenvalue weighted by atomic mass is 16.4. The van der Waals surface area contributed by atoms with E-state index in [1.807, 2.05) is 0 Å². The molecule has 8 heteroatoms. The van der Waals surface area contributed by atoms with Gasteiger partial charge in [0, 0.05) is 12.2 Å². The van der Waals surface area contributed by atoms with Crippen molar-refractivity contribution in [3.63, 3.8) is 0 Å². The van der Waals surface area contributed by atoms with Crippen molar-refractivity contribution >= 4 is 23.7 Å². The van der Waals surface area contributed by atoms with E-state index in [0.717, 1.165) is 11.1 Å². The second-order valence-corrected chi connectivity index (χ2v) is 5.16. The Labute approximate surface area is 126 Å². The molecule has 0 aromatic carbocycles. The number of likely N-dealkylation sites (tertiary alicyclic amines) is 1. The zero-order valence-electron chi connectivity index (χ0n) is 12.1. The molecule has 1 aliphatic rings. The zero-order chi connectivity index (χ0) is 16.4. The Balaban J connectivity index is 2.08. The Morgan fingerprint density at radius 1 is 1.36 bits per heavy atom. The summed E-state index contributed by atoms with van der Waals surface area (Å²) in [7, 11) is 0. The Morgan fingerprint density at radius 2 is 2.05 bits per heavy atom. The first-order valence-corrected chi connectivity index (χ1v) is 6.67. The van der Waals surface area contributed by atoms with E-state index >= 15 is 0 Å². The van der Waals surface area contributed by atoms with Crippen LogP contribution in [0, 0.1) is 0 Å². The van der Waals surface area contributed by atoms with Crippen LogP contribution in [0.25, 0.3) is 0 Å². The largest absolute Gasteiger partial charge is 0.477 e. The van der Waals surface area contributed by atoms with E-state index in [-0.39, 0.29) is 29.6 Å². The van der Waals surface area contributed by atoms with Gasteiger partial charge in [-0.2, -0.15) is 0 Å². The highest BCUT2D eigenvalue weighted by Crippen LogP contribution is 2.16. The zero-order valence-corrected chi connectivity index (χ0v) is 12.1. The van der Waals surface area contributed by atoms with Crippen LogP contribution in [0.5, 0.6) is 0 Å². The van der Waals surface area contributed by atoms with Crippen LogP contribution in [-0.4, -0.2) is 50.8 Å². The first kappa shape index (κ1) is 15.6. The first-order valence-electron chi connectivity index (χ1n) is 6.67. The summed E-state index contributed by atoms with van der Waals surface area (Å²) in [5.41, 5.74) is -0.0668. The lowest BCUT2D eigenvalue weighted by Gasteiger charge is -2.19. The number of hydrogen-bond acceptors (Lipinski definition) is 5. The number of amides is 3. The van der Waals surface area contributed by atoms with E-state index < -0.39 is 23.8 Å². The third-order valence-corrected chi connectivity index (χ3v) is 3.25. The van der Waals surface area contributed by atoms with Crippen molar-refractivity contribution in [1.82, 2.24) is 15.2 Å². The number of pyridine rings is 1. The Kier molecular flexibility index (Phi) is 4.20. The number of aromatic nitrogens is 1. The quantitative estimate of drug-likeness (QED) is 0.759. The number of carbonyl (C=O) groups is 4. The number of hydrogen-bond donors (Lipinski definition) is 2. The topological polar surface area (TPSA) is 117 Å². The lowest BCUT2D eigenvalue weighted by Crippen LogP contribution is -2.43. The van der Waals surface area contributed by atoms with Crippen molar-refractivity contribution < 1.29 is 24.3 Å². The van der Waals surface area contributed by atoms with Crippen LogP contribution < -0.4 is 5.32 Å². The SMILES string of the molecule is CC(C)N1C(=O)CC(NC(=O)c2ccc(C(=O)O)nc2)C1=O. The molecule has 2 rings (SSSR count). The highest BCUT2D eigenvalue weighted by molar-refractivity contribution is 6.08. The molecule has 0 radical (unpaired) electrons. The summed E-state index contributed by atoms with van der Waals surface area (Å²) in [4.78, 5) is 51.3. The van der Waals surface area contributed by atoms with Gasteiger partial charge in [-0.3, -0.25) is 19.3 Å². The van der Waals surface area contributed by atoms with Gasteiger partial charge in [0.25, 0.3) is 11.8 Å². The van der Waals surface area contributed by atoms with Gasteiger partial charge >= 0.3 is 5.97 Å². The standard InChI is InChI=1S/C14H15N3O5/c1-7(2)17-11(18)5-10(13(17)20)16-12(19)8-3-4-9(14(21)22)15-6-8/h3-4,6-7,10H,5H2,1-2H3,(H,16,19)(H,21,22). The molecule has 1 atom stereocenters. The molecule has 0 spiro atoms. The maximum absolute atomic E-state index is 12.1. The van der Waals surface area contributed by atoms with E-state index in [4.69, 9.17) is 5.11 Å². The van der Waals surface area contributed by atoms with E-state index in [1.54, 1.807) is 13.8 Å². The molecule has 1 aromatic heterocycles. The van der Waals surface area contributed by atoms with Gasteiger partial charge in [-0.25, -0.2) is 9.78 Å². The van der Waals surface area contributed by atoms with Crippen LogP contribution in [0.15, 0.2) is 18.3 Å². The maximum Gasteiger partial charge on any atom is 0.354 e. The smallest absolute Gasteiger partial charge is 0.354 e. The molecule has 3 amide bonds. The summed E-state index contributed by atoms with van der Waals surface area (Å²) in [5, 5.41) is 11.2. The lowest BCUT2D eigenvalue weighted by molar-refractivity contribution is -0.140. The number of nitrogens with one attached hydrogen (secondary N) is 1. The Morgan fingerprint density at radius 3 is 2.50 bits per heavy atom. The molecule has 1 saturated heterocycles. The minimum absolute atomic E-state index is 0.0800. The van der Waals surface area contributed by atoms with E-state index in [0.29, 0.717) is 0 Å². The van der Waals surface area contributed by atoms with Crippen LogP contribution in [0.2, 0.25) is 0 Å². The van der Waals surface area contributed by atoms with Gasteiger partial charge in [-0.05, 0) is 26.0 Å². The number of imide groups is 1. The van der Waals surface area contributed by atoms with Gasteiger partial charge < -0.3 is 10.4 Å². The molecule has 8 nitrogen and oxygen atoms in total. The summed E-state index contributed by atoms with van der Waals surface area (Å²) < 4.78 is 0. The molecule has 0 aliphatic carbocycles. The number of rotatable bonds is 4. The molecule has 0 bridgehead atoms. The average Bonchev–Trinajstić information content (AvgIpc) is 2.73. The molecule has 2 heterocycles. The number of carbonyl (C=O) groups excluding carboxylic acids is 3. The van der Waals surface area contributed by atoms with Crippen molar-refractivity contribution in [2.45, 2.75) is 32.4 Å². The van der Waals surface area contributed by atoms with Crippen LogP contribution in [0.1, 0.15) is 41.1 Å². The predicted molar refractivity (Wildman–Crippen MR) is 74.1 cm³/mol. The maximum atomic E-state index is 12.1. The van der Waals surface area contributed by atoms with E-state index in [2.05, 4.69) is 10.3 Å². The van der Waals surface area contributed by atoms with Crippen molar-refractivity contribution in [3.05, 3.63) is 29.6 Å². The van der Waals surface area contributed by atoms with Crippen molar-refractivity contribution in [2.24, 2.45) is 0 Å². The second kappa shape index (κ2) is 5.92. The summed E-state index contributed by atoms with van der Waals surface area (Å²) >= 11 is 0. The van der Waals surface area contributed by atoms with Gasteiger partial charge in [0.1, 0.15) is 11.7 Å². The fourth-order valence-corrected chi connectivity index (χ4v) is 2.20. The van der Waals surface area contributed by atoms with Gasteiger partial charge in [0.05, 0.1) is 12.0 Å². The molecule has 1 fully saturated rings. The van der Waals surface area contributed by atoms with E-state index in [9.17, 15) is 19.2 Å². The third-order valence-electron chi connectivity index (χ3n) is 3.25. The molecule has 116 valence electrons. The normalized spacial score (nSPS) is 18.0. The molecule has 1 aliphatic heterocycles. The van der Waals surface area contributed by atoms with Gasteiger partial charge in [-0.15, -0.1) is 0 Å². The monoisotopic (exact) mass is 305 g/mol. The highest BCUT2D eigenvalue weighted by Gasteiger charge is 2.40. The fourth-order valence-electron chi connectivity index (χ4n) is 2.20. The fraction of sp³-hybridized carbons (Fsp3) is 0.357. The summed E-state index contributed by atoms with van der Waals surface area (Å²) in [5.74, 6) is -2.55. The summed E-state index contributed by atoms with van der Waals surface area (Å²) in [6.45, 7) is 3.43. The molecule has 1 aromatic rings. The number of carboxylic acids is 1. The number of nitrogens with zero attached hydrogens (tertiary/aromatic N) is 2. The van der Waals surface area contributed by atoms with Gasteiger partial charge in [-0.1, -0.05) is 0 Å². The summed E-state index contributed by atoms with van der Waals surface area (Å²) in [6.07, 6.45) is 1.03. The van der Waals surface area contributed by atoms with E-state index in [1.165, 1.54) is 12.1 Å².